The third-order valence-corrected chi connectivity index (χ3v) is 4.78. The van der Waals surface area contributed by atoms with Gasteiger partial charge in [0.15, 0.2) is 17.3 Å². The highest BCUT2D eigenvalue weighted by molar-refractivity contribution is 6.12. The molecule has 0 aliphatic carbocycles. The maximum atomic E-state index is 13.4. The fourth-order valence-corrected chi connectivity index (χ4v) is 3.27. The highest BCUT2D eigenvalue weighted by atomic mass is 16.5. The highest BCUT2D eigenvalue weighted by Crippen LogP contribution is 2.47. The summed E-state index contributed by atoms with van der Waals surface area (Å²) < 4.78 is 27.4. The Kier molecular flexibility index (Phi) is 8.19. The molecule has 0 unspecified atom stereocenters. The monoisotopic (exact) mass is 429 g/mol. The fourth-order valence-electron chi connectivity index (χ4n) is 3.27. The van der Waals surface area contributed by atoms with Crippen LogP contribution in [0.4, 0.5) is 5.69 Å². The molecule has 31 heavy (non-hydrogen) atoms. The Morgan fingerprint density at radius 1 is 0.935 bits per heavy atom. The van der Waals surface area contributed by atoms with Gasteiger partial charge in [0, 0.05) is 16.7 Å². The predicted octanol–water partition coefficient (Wildman–Crippen LogP) is 4.62. The SMILES string of the molecule is CCOc1ccc(C(=O)/C(=C/c2cc(OC)c(OC)c(OC)c2OC)C(C)C)cc1N. The lowest BCUT2D eigenvalue weighted by Gasteiger charge is -2.18. The third kappa shape index (κ3) is 5.05. The van der Waals surface area contributed by atoms with Crippen molar-refractivity contribution < 1.29 is 28.5 Å². The van der Waals surface area contributed by atoms with E-state index >= 15 is 0 Å². The first-order valence-electron chi connectivity index (χ1n) is 9.98. The Morgan fingerprint density at radius 3 is 2.06 bits per heavy atom. The second kappa shape index (κ2) is 10.6. The maximum Gasteiger partial charge on any atom is 0.207 e. The molecule has 0 aliphatic rings. The molecule has 0 aromatic heterocycles. The van der Waals surface area contributed by atoms with Gasteiger partial charge in [-0.25, -0.2) is 0 Å². The summed E-state index contributed by atoms with van der Waals surface area (Å²) in [6.07, 6.45) is 1.78. The number of hydrogen-bond acceptors (Lipinski definition) is 7. The second-order valence-corrected chi connectivity index (χ2v) is 7.04. The molecule has 0 saturated heterocycles. The minimum absolute atomic E-state index is 0.0657. The minimum Gasteiger partial charge on any atom is -0.493 e. The number of Topliss-reactive ketones (excluding diaryl/α,β-unsaturated/α-hetero) is 1. The van der Waals surface area contributed by atoms with Crippen LogP contribution in [-0.2, 0) is 0 Å². The average Bonchev–Trinajstić information content (AvgIpc) is 2.76. The second-order valence-electron chi connectivity index (χ2n) is 7.04. The van der Waals surface area contributed by atoms with E-state index in [9.17, 15) is 4.79 Å². The lowest BCUT2D eigenvalue weighted by Crippen LogP contribution is -2.10. The zero-order valence-electron chi connectivity index (χ0n) is 19.2. The smallest absolute Gasteiger partial charge is 0.207 e. The van der Waals surface area contributed by atoms with Crippen molar-refractivity contribution in [1.82, 2.24) is 0 Å². The number of nitrogen functional groups attached to an aromatic ring is 1. The Hall–Kier alpha value is -3.35. The van der Waals surface area contributed by atoms with Crippen LogP contribution in [0.5, 0.6) is 28.7 Å². The summed E-state index contributed by atoms with van der Waals surface area (Å²) in [5.74, 6) is 2.06. The highest BCUT2D eigenvalue weighted by Gasteiger charge is 2.23. The molecule has 0 aliphatic heterocycles. The van der Waals surface area contributed by atoms with E-state index in [1.54, 1.807) is 30.3 Å². The molecule has 2 rings (SSSR count). The number of nitrogens with two attached hydrogens (primary N) is 1. The van der Waals surface area contributed by atoms with E-state index in [4.69, 9.17) is 29.4 Å². The standard InChI is InChI=1S/C24H31NO6/c1-8-31-19-10-9-15(12-18(19)25)21(26)17(14(2)3)11-16-13-20(27-4)23(29-6)24(30-7)22(16)28-5/h9-14H,8,25H2,1-7H3/b17-11+. The topological polar surface area (TPSA) is 89.2 Å². The lowest BCUT2D eigenvalue weighted by molar-refractivity contribution is 0.102. The zero-order valence-corrected chi connectivity index (χ0v) is 19.2. The molecule has 0 bridgehead atoms. The molecule has 0 radical (unpaired) electrons. The van der Waals surface area contributed by atoms with E-state index in [0.29, 0.717) is 57.7 Å². The summed E-state index contributed by atoms with van der Waals surface area (Å²) >= 11 is 0. The summed E-state index contributed by atoms with van der Waals surface area (Å²) in [6.45, 7) is 6.27. The van der Waals surface area contributed by atoms with E-state index in [0.717, 1.165) is 0 Å². The minimum atomic E-state index is -0.138. The van der Waals surface area contributed by atoms with Gasteiger partial charge in [0.2, 0.25) is 11.5 Å². The lowest BCUT2D eigenvalue weighted by atomic mass is 9.92. The summed E-state index contributed by atoms with van der Waals surface area (Å²) in [7, 11) is 6.11. The third-order valence-electron chi connectivity index (χ3n) is 4.78. The molecule has 0 fully saturated rings. The Bertz CT molecular complexity index is 965. The number of hydrogen-bond donors (Lipinski definition) is 1. The summed E-state index contributed by atoms with van der Waals surface area (Å²) in [5, 5.41) is 0. The largest absolute Gasteiger partial charge is 0.493 e. The first kappa shape index (κ1) is 23.9. The number of rotatable bonds is 10. The van der Waals surface area contributed by atoms with E-state index < -0.39 is 0 Å². The molecular weight excluding hydrogens is 398 g/mol. The zero-order chi connectivity index (χ0) is 23.1. The molecule has 0 spiro atoms. The number of benzene rings is 2. The van der Waals surface area contributed by atoms with Crippen LogP contribution in [0.1, 0.15) is 36.7 Å². The molecule has 0 saturated carbocycles. The summed E-state index contributed by atoms with van der Waals surface area (Å²) in [6, 6.07) is 6.81. The van der Waals surface area contributed by atoms with Crippen LogP contribution < -0.4 is 29.4 Å². The number of ketones is 1. The number of methoxy groups -OCH3 is 4. The van der Waals surface area contributed by atoms with Crippen molar-refractivity contribution in [2.24, 2.45) is 5.92 Å². The number of ether oxygens (including phenoxy) is 5. The Morgan fingerprint density at radius 2 is 1.58 bits per heavy atom. The van der Waals surface area contributed by atoms with E-state index in [2.05, 4.69) is 0 Å². The van der Waals surface area contributed by atoms with Crippen molar-refractivity contribution in [2.45, 2.75) is 20.8 Å². The van der Waals surface area contributed by atoms with Crippen molar-refractivity contribution in [3.05, 3.63) is 41.0 Å². The van der Waals surface area contributed by atoms with Gasteiger partial charge in [-0.15, -0.1) is 0 Å². The molecule has 0 heterocycles. The van der Waals surface area contributed by atoms with Gasteiger partial charge in [0.25, 0.3) is 0 Å². The van der Waals surface area contributed by atoms with Crippen LogP contribution in [0.25, 0.3) is 6.08 Å². The van der Waals surface area contributed by atoms with Crippen LogP contribution in [0.3, 0.4) is 0 Å². The van der Waals surface area contributed by atoms with Crippen molar-refractivity contribution in [2.75, 3.05) is 40.8 Å². The van der Waals surface area contributed by atoms with Gasteiger partial charge in [-0.3, -0.25) is 4.79 Å². The van der Waals surface area contributed by atoms with E-state index in [1.165, 1.54) is 28.4 Å². The van der Waals surface area contributed by atoms with Crippen LogP contribution in [0.2, 0.25) is 0 Å². The van der Waals surface area contributed by atoms with Gasteiger partial charge in [-0.1, -0.05) is 13.8 Å². The van der Waals surface area contributed by atoms with E-state index in [-0.39, 0.29) is 11.7 Å². The van der Waals surface area contributed by atoms with Crippen LogP contribution >= 0.6 is 0 Å². The molecule has 2 aromatic rings. The average molecular weight is 430 g/mol. The normalized spacial score (nSPS) is 11.3. The quantitative estimate of drug-likeness (QED) is 0.335. The van der Waals surface area contributed by atoms with Gasteiger partial charge in [-0.2, -0.15) is 0 Å². The molecule has 7 nitrogen and oxygen atoms in total. The Labute approximate surface area is 183 Å². The molecule has 7 heteroatoms. The summed E-state index contributed by atoms with van der Waals surface area (Å²) in [5.41, 5.74) is 8.17. The molecule has 2 N–H and O–H groups in total. The van der Waals surface area contributed by atoms with Gasteiger partial charge in [0.05, 0.1) is 40.7 Å². The molecule has 0 atom stereocenters. The molecule has 168 valence electrons. The van der Waals surface area contributed by atoms with E-state index in [1.807, 2.05) is 20.8 Å². The van der Waals surface area contributed by atoms with Crippen LogP contribution in [0, 0.1) is 5.92 Å². The number of carbonyl (C=O) groups excluding carboxylic acids is 1. The Balaban J connectivity index is 2.63. The molecule has 2 aromatic carbocycles. The van der Waals surface area contributed by atoms with Gasteiger partial charge < -0.3 is 29.4 Å². The molecular formula is C24H31NO6. The fraction of sp³-hybridized carbons (Fsp3) is 0.375. The summed E-state index contributed by atoms with van der Waals surface area (Å²) in [4.78, 5) is 13.4. The van der Waals surface area contributed by atoms with Crippen LogP contribution in [0.15, 0.2) is 29.8 Å². The van der Waals surface area contributed by atoms with Crippen molar-refractivity contribution in [1.29, 1.82) is 0 Å². The van der Waals surface area contributed by atoms with Gasteiger partial charge in [0.1, 0.15) is 5.75 Å². The predicted molar refractivity (Wildman–Crippen MR) is 122 cm³/mol. The number of allylic oxidation sites excluding steroid dienone is 1. The van der Waals surface area contributed by atoms with Gasteiger partial charge >= 0.3 is 0 Å². The van der Waals surface area contributed by atoms with Crippen molar-refractivity contribution >= 4 is 17.5 Å². The maximum absolute atomic E-state index is 13.4. The van der Waals surface area contributed by atoms with Crippen molar-refractivity contribution in [3.63, 3.8) is 0 Å². The number of carbonyl (C=O) groups is 1. The van der Waals surface area contributed by atoms with Crippen LogP contribution in [-0.4, -0.2) is 40.8 Å². The number of anilines is 1. The van der Waals surface area contributed by atoms with Crippen molar-refractivity contribution in [3.8, 4) is 28.7 Å². The first-order valence-corrected chi connectivity index (χ1v) is 9.98. The molecule has 0 amide bonds. The van der Waals surface area contributed by atoms with Gasteiger partial charge in [-0.05, 0) is 43.2 Å². The first-order chi connectivity index (χ1) is 14.8.